The van der Waals surface area contributed by atoms with E-state index in [1.165, 1.54) is 10.4 Å². The SMILES string of the molecule is CC1(C)[C@H](NC(=O)Nc2cccc(S(=O)(=O)N3CCCCC3)c2)[C@@H]2CCO[C@@H]21. The zero-order chi connectivity index (χ0) is 19.9. The van der Waals surface area contributed by atoms with E-state index in [9.17, 15) is 13.2 Å². The lowest BCUT2D eigenvalue weighted by Gasteiger charge is -2.54. The highest BCUT2D eigenvalue weighted by atomic mass is 32.2. The summed E-state index contributed by atoms with van der Waals surface area (Å²) in [6.07, 6.45) is 4.02. The van der Waals surface area contributed by atoms with Crippen LogP contribution in [0.1, 0.15) is 39.5 Å². The fraction of sp³-hybridized carbons (Fsp3) is 0.650. The monoisotopic (exact) mass is 407 g/mol. The van der Waals surface area contributed by atoms with Gasteiger partial charge in [0.1, 0.15) is 0 Å². The minimum absolute atomic E-state index is 0.0558. The van der Waals surface area contributed by atoms with Crippen LogP contribution in [0.25, 0.3) is 0 Å². The molecular weight excluding hydrogens is 378 g/mol. The Hall–Kier alpha value is -1.64. The quantitative estimate of drug-likeness (QED) is 0.803. The first-order chi connectivity index (χ1) is 13.3. The molecule has 0 radical (unpaired) electrons. The molecule has 4 rings (SSSR count). The van der Waals surface area contributed by atoms with Crippen molar-refractivity contribution < 1.29 is 17.9 Å². The third-order valence-electron chi connectivity index (χ3n) is 6.43. The molecule has 1 aromatic rings. The van der Waals surface area contributed by atoms with Gasteiger partial charge in [-0.1, -0.05) is 26.3 Å². The first kappa shape index (κ1) is 19.7. The molecule has 0 unspecified atom stereocenters. The van der Waals surface area contributed by atoms with E-state index in [2.05, 4.69) is 24.5 Å². The average molecular weight is 408 g/mol. The van der Waals surface area contributed by atoms with Crippen molar-refractivity contribution in [3.05, 3.63) is 24.3 Å². The summed E-state index contributed by atoms with van der Waals surface area (Å²) in [5, 5.41) is 5.86. The average Bonchev–Trinajstić information content (AvgIpc) is 3.14. The van der Waals surface area contributed by atoms with Crippen molar-refractivity contribution >= 4 is 21.7 Å². The number of nitrogens with one attached hydrogen (secondary N) is 2. The van der Waals surface area contributed by atoms with Gasteiger partial charge in [-0.25, -0.2) is 13.2 Å². The van der Waals surface area contributed by atoms with Gasteiger partial charge in [0.25, 0.3) is 0 Å². The van der Waals surface area contributed by atoms with Gasteiger partial charge < -0.3 is 15.4 Å². The summed E-state index contributed by atoms with van der Waals surface area (Å²) < 4.78 is 33.0. The van der Waals surface area contributed by atoms with Crippen LogP contribution < -0.4 is 10.6 Å². The molecule has 154 valence electrons. The number of benzene rings is 1. The number of amides is 2. The van der Waals surface area contributed by atoms with Crippen LogP contribution in [-0.2, 0) is 14.8 Å². The highest BCUT2D eigenvalue weighted by Gasteiger charge is 2.59. The van der Waals surface area contributed by atoms with Crippen LogP contribution in [0, 0.1) is 11.3 Å². The number of sulfonamides is 1. The van der Waals surface area contributed by atoms with Gasteiger partial charge in [-0.2, -0.15) is 4.31 Å². The molecule has 3 fully saturated rings. The van der Waals surface area contributed by atoms with Crippen molar-refractivity contribution in [3.8, 4) is 0 Å². The number of anilines is 1. The predicted molar refractivity (Wildman–Crippen MR) is 107 cm³/mol. The summed E-state index contributed by atoms with van der Waals surface area (Å²) in [5.74, 6) is 0.353. The molecule has 0 spiro atoms. The van der Waals surface area contributed by atoms with E-state index in [-0.39, 0.29) is 28.5 Å². The normalized spacial score (nSPS) is 29.6. The minimum atomic E-state index is -3.52. The topological polar surface area (TPSA) is 87.7 Å². The summed E-state index contributed by atoms with van der Waals surface area (Å²) >= 11 is 0. The van der Waals surface area contributed by atoms with Crippen molar-refractivity contribution in [2.24, 2.45) is 11.3 Å². The van der Waals surface area contributed by atoms with Crippen LogP contribution in [0.15, 0.2) is 29.2 Å². The summed E-state index contributed by atoms with van der Waals surface area (Å²) in [6, 6.07) is 6.25. The second-order valence-electron chi connectivity index (χ2n) is 8.63. The van der Waals surface area contributed by atoms with Crippen LogP contribution in [0.2, 0.25) is 0 Å². The summed E-state index contributed by atoms with van der Waals surface area (Å²) in [5.41, 5.74) is 0.379. The lowest BCUT2D eigenvalue weighted by atomic mass is 9.57. The number of hydrogen-bond donors (Lipinski definition) is 2. The lowest BCUT2D eigenvalue weighted by molar-refractivity contribution is -0.107. The molecule has 2 heterocycles. The van der Waals surface area contributed by atoms with Crippen LogP contribution in [0.5, 0.6) is 0 Å². The van der Waals surface area contributed by atoms with Crippen molar-refractivity contribution in [1.29, 1.82) is 0 Å². The van der Waals surface area contributed by atoms with Crippen LogP contribution in [0.3, 0.4) is 0 Å². The third kappa shape index (κ3) is 3.42. The van der Waals surface area contributed by atoms with Gasteiger partial charge in [0.2, 0.25) is 10.0 Å². The molecule has 1 aromatic carbocycles. The molecular formula is C20H29N3O4S. The van der Waals surface area contributed by atoms with E-state index in [4.69, 9.17) is 4.74 Å². The Bertz CT molecular complexity index is 849. The lowest BCUT2D eigenvalue weighted by Crippen LogP contribution is -2.67. The Labute approximate surface area is 166 Å². The summed E-state index contributed by atoms with van der Waals surface area (Å²) in [6.45, 7) is 6.07. The van der Waals surface area contributed by atoms with Crippen molar-refractivity contribution in [1.82, 2.24) is 9.62 Å². The smallest absolute Gasteiger partial charge is 0.319 e. The number of ether oxygens (including phenoxy) is 1. The van der Waals surface area contributed by atoms with E-state index in [1.54, 1.807) is 18.2 Å². The van der Waals surface area contributed by atoms with E-state index >= 15 is 0 Å². The van der Waals surface area contributed by atoms with Crippen molar-refractivity contribution in [2.75, 3.05) is 25.0 Å². The molecule has 2 amide bonds. The number of fused-ring (bicyclic) bond motifs is 1. The van der Waals surface area contributed by atoms with E-state index in [0.717, 1.165) is 32.3 Å². The van der Waals surface area contributed by atoms with Crippen LogP contribution >= 0.6 is 0 Å². The zero-order valence-electron chi connectivity index (χ0n) is 16.5. The Morgan fingerprint density at radius 2 is 1.96 bits per heavy atom. The van der Waals surface area contributed by atoms with E-state index in [0.29, 0.717) is 24.7 Å². The Morgan fingerprint density at radius 3 is 2.71 bits per heavy atom. The van der Waals surface area contributed by atoms with Crippen molar-refractivity contribution in [2.45, 2.75) is 56.6 Å². The van der Waals surface area contributed by atoms with Gasteiger partial charge in [0.05, 0.1) is 11.0 Å². The number of nitrogens with zero attached hydrogens (tertiary/aromatic N) is 1. The van der Waals surface area contributed by atoms with Crippen LogP contribution in [-0.4, -0.2) is 50.6 Å². The number of carbonyl (C=O) groups is 1. The molecule has 0 aromatic heterocycles. The number of carbonyl (C=O) groups excluding carboxylic acids is 1. The van der Waals surface area contributed by atoms with Crippen LogP contribution in [0.4, 0.5) is 10.5 Å². The molecule has 28 heavy (non-hydrogen) atoms. The molecule has 1 aliphatic carbocycles. The van der Waals surface area contributed by atoms with Gasteiger partial charge >= 0.3 is 6.03 Å². The third-order valence-corrected chi connectivity index (χ3v) is 8.33. The molecule has 3 atom stereocenters. The Kier molecular flexibility index (Phi) is 5.14. The molecule has 7 nitrogen and oxygen atoms in total. The standard InChI is InChI=1S/C20H29N3O4S/c1-20(2)17(16-9-12-27-18(16)20)22-19(24)21-14-7-6-8-15(13-14)28(25,26)23-10-4-3-5-11-23/h6-8,13,16-18H,3-5,9-12H2,1-2H3,(H2,21,22,24)/t16-,17+,18-/m0/s1. The molecule has 0 bridgehead atoms. The zero-order valence-corrected chi connectivity index (χ0v) is 17.3. The van der Waals surface area contributed by atoms with Gasteiger partial charge in [-0.3, -0.25) is 0 Å². The molecule has 2 saturated heterocycles. The maximum absolute atomic E-state index is 12.9. The number of urea groups is 1. The van der Waals surface area contributed by atoms with Gasteiger partial charge in [0, 0.05) is 42.8 Å². The van der Waals surface area contributed by atoms with Gasteiger partial charge in [0.15, 0.2) is 0 Å². The van der Waals surface area contributed by atoms with E-state index in [1.807, 2.05) is 0 Å². The highest BCUT2D eigenvalue weighted by Crippen LogP contribution is 2.52. The van der Waals surface area contributed by atoms with E-state index < -0.39 is 10.0 Å². The molecule has 2 N–H and O–H groups in total. The van der Waals surface area contributed by atoms with Gasteiger partial charge in [-0.15, -0.1) is 0 Å². The number of piperidine rings is 1. The molecule has 1 saturated carbocycles. The minimum Gasteiger partial charge on any atom is -0.377 e. The molecule has 8 heteroatoms. The van der Waals surface area contributed by atoms with Crippen molar-refractivity contribution in [3.63, 3.8) is 0 Å². The molecule has 3 aliphatic rings. The highest BCUT2D eigenvalue weighted by molar-refractivity contribution is 7.89. The summed E-state index contributed by atoms with van der Waals surface area (Å²) in [7, 11) is -3.52. The molecule has 2 aliphatic heterocycles. The fourth-order valence-electron chi connectivity index (χ4n) is 4.91. The maximum atomic E-state index is 12.9. The second kappa shape index (κ2) is 7.31. The largest absolute Gasteiger partial charge is 0.377 e. The summed E-state index contributed by atoms with van der Waals surface area (Å²) in [4.78, 5) is 12.8. The predicted octanol–water partition coefficient (Wildman–Crippen LogP) is 2.80. The Morgan fingerprint density at radius 1 is 1.21 bits per heavy atom. The Balaban J connectivity index is 1.43. The van der Waals surface area contributed by atoms with Gasteiger partial charge in [-0.05, 0) is 37.5 Å². The first-order valence-electron chi connectivity index (χ1n) is 10.1. The fourth-order valence-corrected chi connectivity index (χ4v) is 6.48. The number of hydrogen-bond acceptors (Lipinski definition) is 4. The second-order valence-corrected chi connectivity index (χ2v) is 10.6. The maximum Gasteiger partial charge on any atom is 0.319 e. The first-order valence-corrected chi connectivity index (χ1v) is 11.5. The number of rotatable bonds is 4.